The molecule has 0 atom stereocenters. The van der Waals surface area contributed by atoms with E-state index >= 15 is 0 Å². The minimum absolute atomic E-state index is 0.377. The molecule has 0 bridgehead atoms. The van der Waals surface area contributed by atoms with Crippen LogP contribution in [0.2, 0.25) is 0 Å². The molecular weight excluding hydrogens is 326 g/mol. The first-order valence-corrected chi connectivity index (χ1v) is 11.8. The lowest BCUT2D eigenvalue weighted by Crippen LogP contribution is -2.34. The molecule has 0 saturated carbocycles. The standard InChI is InChI=1S/C23H48ClN/c1-5-6-7-8-9-10-11-12-13-14-15-16-17-18-20-25(21-19-24)22-23(2,3)4/h5-22H2,1-4H3. The summed E-state index contributed by atoms with van der Waals surface area (Å²) in [5.74, 6) is 0.759. The lowest BCUT2D eigenvalue weighted by molar-refractivity contribution is 0.197. The summed E-state index contributed by atoms with van der Waals surface area (Å²) in [5, 5.41) is 0. The Kier molecular flexibility index (Phi) is 17.8. The third-order valence-corrected chi connectivity index (χ3v) is 5.10. The Morgan fingerprint density at radius 3 is 1.36 bits per heavy atom. The Morgan fingerprint density at radius 1 is 0.600 bits per heavy atom. The highest BCUT2D eigenvalue weighted by Crippen LogP contribution is 2.16. The van der Waals surface area contributed by atoms with E-state index in [1.807, 2.05) is 0 Å². The molecule has 0 fully saturated rings. The average Bonchev–Trinajstić information content (AvgIpc) is 2.54. The molecule has 0 amide bonds. The fourth-order valence-corrected chi connectivity index (χ4v) is 3.83. The summed E-state index contributed by atoms with van der Waals surface area (Å²) in [5.41, 5.74) is 0.377. The molecule has 0 aliphatic rings. The summed E-state index contributed by atoms with van der Waals surface area (Å²) in [6.07, 6.45) is 20.0. The van der Waals surface area contributed by atoms with Gasteiger partial charge in [-0.3, -0.25) is 0 Å². The second kappa shape index (κ2) is 17.7. The van der Waals surface area contributed by atoms with Crippen molar-refractivity contribution in [2.45, 2.75) is 118 Å². The topological polar surface area (TPSA) is 3.24 Å². The highest BCUT2D eigenvalue weighted by atomic mass is 35.5. The van der Waals surface area contributed by atoms with Crippen molar-refractivity contribution in [2.75, 3.05) is 25.5 Å². The molecule has 152 valence electrons. The molecule has 0 heterocycles. The zero-order valence-electron chi connectivity index (χ0n) is 18.1. The third kappa shape index (κ3) is 20.4. The summed E-state index contributed by atoms with van der Waals surface area (Å²) in [4.78, 5) is 2.55. The van der Waals surface area contributed by atoms with E-state index in [1.54, 1.807) is 0 Å². The van der Waals surface area contributed by atoms with Crippen LogP contribution in [0.5, 0.6) is 0 Å². The van der Waals surface area contributed by atoms with Crippen molar-refractivity contribution in [3.63, 3.8) is 0 Å². The largest absolute Gasteiger partial charge is 0.302 e. The number of rotatable bonds is 18. The van der Waals surface area contributed by atoms with Crippen molar-refractivity contribution in [1.82, 2.24) is 4.90 Å². The van der Waals surface area contributed by atoms with E-state index < -0.39 is 0 Å². The quantitative estimate of drug-likeness (QED) is 0.173. The molecule has 0 unspecified atom stereocenters. The Morgan fingerprint density at radius 2 is 1.00 bits per heavy atom. The van der Waals surface area contributed by atoms with Crippen molar-refractivity contribution in [3.8, 4) is 0 Å². The maximum Gasteiger partial charge on any atom is 0.0351 e. The van der Waals surface area contributed by atoms with Crippen LogP contribution in [0.15, 0.2) is 0 Å². The lowest BCUT2D eigenvalue weighted by Gasteiger charge is -2.29. The normalized spacial score (nSPS) is 12.2. The van der Waals surface area contributed by atoms with Gasteiger partial charge in [0, 0.05) is 19.0 Å². The minimum Gasteiger partial charge on any atom is -0.302 e. The summed E-state index contributed by atoms with van der Waals surface area (Å²) in [6.45, 7) is 12.7. The number of halogens is 1. The van der Waals surface area contributed by atoms with Gasteiger partial charge in [-0.1, -0.05) is 111 Å². The zero-order valence-corrected chi connectivity index (χ0v) is 18.8. The van der Waals surface area contributed by atoms with Crippen LogP contribution in [0.1, 0.15) is 118 Å². The van der Waals surface area contributed by atoms with Crippen molar-refractivity contribution in [1.29, 1.82) is 0 Å². The molecule has 0 N–H and O–H groups in total. The molecule has 0 aromatic heterocycles. The van der Waals surface area contributed by atoms with E-state index in [9.17, 15) is 0 Å². The SMILES string of the molecule is CCCCCCCCCCCCCCCCN(CCCl)CC(C)(C)C. The van der Waals surface area contributed by atoms with E-state index in [-0.39, 0.29) is 0 Å². The predicted molar refractivity (Wildman–Crippen MR) is 117 cm³/mol. The average molecular weight is 374 g/mol. The molecule has 0 aromatic carbocycles. The van der Waals surface area contributed by atoms with E-state index in [2.05, 4.69) is 32.6 Å². The molecule has 25 heavy (non-hydrogen) atoms. The number of unbranched alkanes of at least 4 members (excludes halogenated alkanes) is 13. The first-order valence-electron chi connectivity index (χ1n) is 11.3. The zero-order chi connectivity index (χ0) is 18.8. The summed E-state index contributed by atoms with van der Waals surface area (Å²) >= 11 is 5.95. The molecule has 2 heteroatoms. The van der Waals surface area contributed by atoms with Crippen molar-refractivity contribution < 1.29 is 0 Å². The highest BCUT2D eigenvalue weighted by molar-refractivity contribution is 6.18. The third-order valence-electron chi connectivity index (χ3n) is 4.93. The van der Waals surface area contributed by atoms with E-state index in [0.29, 0.717) is 5.41 Å². The molecule has 0 aliphatic carbocycles. The lowest BCUT2D eigenvalue weighted by atomic mass is 9.96. The van der Waals surface area contributed by atoms with Gasteiger partial charge in [0.05, 0.1) is 0 Å². The fraction of sp³-hybridized carbons (Fsp3) is 1.00. The molecule has 1 nitrogen and oxygen atoms in total. The van der Waals surface area contributed by atoms with Crippen LogP contribution in [0.4, 0.5) is 0 Å². The van der Waals surface area contributed by atoms with Gasteiger partial charge < -0.3 is 4.90 Å². The van der Waals surface area contributed by atoms with Gasteiger partial charge >= 0.3 is 0 Å². The van der Waals surface area contributed by atoms with Crippen molar-refractivity contribution >= 4 is 11.6 Å². The van der Waals surface area contributed by atoms with Crippen molar-refractivity contribution in [2.24, 2.45) is 5.41 Å². The summed E-state index contributed by atoms with van der Waals surface area (Å²) < 4.78 is 0. The van der Waals surface area contributed by atoms with Gasteiger partial charge in [-0.25, -0.2) is 0 Å². The van der Waals surface area contributed by atoms with Crippen molar-refractivity contribution in [3.05, 3.63) is 0 Å². The number of hydrogen-bond acceptors (Lipinski definition) is 1. The number of hydrogen-bond donors (Lipinski definition) is 0. The van der Waals surface area contributed by atoms with Gasteiger partial charge in [-0.2, -0.15) is 0 Å². The van der Waals surface area contributed by atoms with Crippen LogP contribution in [-0.4, -0.2) is 30.4 Å². The molecular formula is C23H48ClN. The van der Waals surface area contributed by atoms with Crippen LogP contribution in [-0.2, 0) is 0 Å². The summed E-state index contributed by atoms with van der Waals surface area (Å²) in [6, 6.07) is 0. The van der Waals surface area contributed by atoms with Gasteiger partial charge in [-0.05, 0) is 18.4 Å². The van der Waals surface area contributed by atoms with Crippen LogP contribution in [0.3, 0.4) is 0 Å². The fourth-order valence-electron chi connectivity index (χ4n) is 3.59. The van der Waals surface area contributed by atoms with Crippen LogP contribution < -0.4 is 0 Å². The smallest absolute Gasteiger partial charge is 0.0351 e. The number of nitrogens with zero attached hydrogens (tertiary/aromatic N) is 1. The number of alkyl halides is 1. The van der Waals surface area contributed by atoms with Gasteiger partial charge in [0.1, 0.15) is 0 Å². The monoisotopic (exact) mass is 373 g/mol. The molecule has 0 radical (unpaired) electrons. The first kappa shape index (κ1) is 25.2. The maximum absolute atomic E-state index is 5.95. The predicted octanol–water partition coefficient (Wildman–Crippen LogP) is 8.05. The van der Waals surface area contributed by atoms with Crippen LogP contribution in [0, 0.1) is 5.41 Å². The van der Waals surface area contributed by atoms with Gasteiger partial charge in [-0.15, -0.1) is 11.6 Å². The Bertz CT molecular complexity index is 259. The molecule has 0 rings (SSSR count). The second-order valence-corrected chi connectivity index (χ2v) is 9.50. The van der Waals surface area contributed by atoms with Crippen LogP contribution >= 0.6 is 11.6 Å². The van der Waals surface area contributed by atoms with Gasteiger partial charge in [0.25, 0.3) is 0 Å². The Labute approximate surface area is 165 Å². The van der Waals surface area contributed by atoms with E-state index in [4.69, 9.17) is 11.6 Å². The molecule has 0 spiro atoms. The second-order valence-electron chi connectivity index (χ2n) is 9.12. The Balaban J connectivity index is 3.34. The molecule has 0 aliphatic heterocycles. The molecule has 0 saturated heterocycles. The maximum atomic E-state index is 5.95. The Hall–Kier alpha value is 0.250. The highest BCUT2D eigenvalue weighted by Gasteiger charge is 2.15. The van der Waals surface area contributed by atoms with Crippen LogP contribution in [0.25, 0.3) is 0 Å². The summed E-state index contributed by atoms with van der Waals surface area (Å²) in [7, 11) is 0. The minimum atomic E-state index is 0.377. The van der Waals surface area contributed by atoms with E-state index in [1.165, 1.54) is 96.4 Å². The first-order chi connectivity index (χ1) is 12.0. The van der Waals surface area contributed by atoms with E-state index in [0.717, 1.165) is 19.0 Å². The van der Waals surface area contributed by atoms with Gasteiger partial charge in [0.2, 0.25) is 0 Å². The molecule has 0 aromatic rings. The van der Waals surface area contributed by atoms with Gasteiger partial charge in [0.15, 0.2) is 0 Å².